The summed E-state index contributed by atoms with van der Waals surface area (Å²) >= 11 is 0. The number of anilines is 3. The Kier molecular flexibility index (Phi) is 7.61. The summed E-state index contributed by atoms with van der Waals surface area (Å²) in [7, 11) is 0. The van der Waals surface area contributed by atoms with Gasteiger partial charge < -0.3 is 25.8 Å². The molecule has 0 bridgehead atoms. The van der Waals surface area contributed by atoms with Gasteiger partial charge in [-0.15, -0.1) is 0 Å². The number of alkyl halides is 3. The Morgan fingerprint density at radius 1 is 1.06 bits per heavy atom. The SMILES string of the molecule is Cc1ccccc1N1CCN(c2c(N)cc(C(=O)NCCCN3CCCC3=O)cc2C(F)(F)F)CC1. The zero-order valence-electron chi connectivity index (χ0n) is 20.4. The molecule has 0 spiro atoms. The molecule has 2 fully saturated rings. The average molecular weight is 504 g/mol. The fourth-order valence-electron chi connectivity index (χ4n) is 4.96. The number of nitrogens with two attached hydrogens (primary N) is 1. The Labute approximate surface area is 209 Å². The van der Waals surface area contributed by atoms with Gasteiger partial charge in [-0.2, -0.15) is 13.2 Å². The molecule has 2 heterocycles. The van der Waals surface area contributed by atoms with E-state index in [1.54, 1.807) is 9.80 Å². The van der Waals surface area contributed by atoms with Crippen LogP contribution in [-0.4, -0.2) is 62.5 Å². The number of para-hydroxylation sites is 1. The predicted molar refractivity (Wildman–Crippen MR) is 134 cm³/mol. The maximum atomic E-state index is 14.1. The van der Waals surface area contributed by atoms with Crippen LogP contribution in [0.4, 0.5) is 30.2 Å². The number of benzene rings is 2. The molecule has 0 radical (unpaired) electrons. The summed E-state index contributed by atoms with van der Waals surface area (Å²) in [6, 6.07) is 10.1. The van der Waals surface area contributed by atoms with Crippen LogP contribution in [0.1, 0.15) is 40.7 Å². The molecule has 2 aliphatic rings. The van der Waals surface area contributed by atoms with Crippen LogP contribution in [0.15, 0.2) is 36.4 Å². The lowest BCUT2D eigenvalue weighted by Gasteiger charge is -2.39. The number of amides is 2. The Balaban J connectivity index is 1.44. The molecule has 2 aromatic carbocycles. The summed E-state index contributed by atoms with van der Waals surface area (Å²) in [6.07, 6.45) is -2.76. The minimum atomic E-state index is -4.66. The normalized spacial score (nSPS) is 16.6. The highest BCUT2D eigenvalue weighted by atomic mass is 19.4. The van der Waals surface area contributed by atoms with Gasteiger partial charge in [0, 0.05) is 63.5 Å². The quantitative estimate of drug-likeness (QED) is 0.445. The van der Waals surface area contributed by atoms with Crippen LogP contribution in [0.25, 0.3) is 0 Å². The standard InChI is InChI=1S/C26H32F3N5O2/c1-18-6-2-3-7-22(18)32-12-14-34(15-13-32)24-20(26(27,28)29)16-19(17-21(24)30)25(36)31-9-5-11-33-10-4-8-23(33)35/h2-3,6-7,16-17H,4-5,8-15,30H2,1H3,(H,31,36). The third-order valence-corrected chi connectivity index (χ3v) is 6.82. The smallest absolute Gasteiger partial charge is 0.397 e. The molecule has 2 saturated heterocycles. The zero-order chi connectivity index (χ0) is 25.9. The van der Waals surface area contributed by atoms with Crippen LogP contribution in [-0.2, 0) is 11.0 Å². The summed E-state index contributed by atoms with van der Waals surface area (Å²) in [4.78, 5) is 29.8. The lowest BCUT2D eigenvalue weighted by molar-refractivity contribution is -0.137. The van der Waals surface area contributed by atoms with Gasteiger partial charge in [-0.25, -0.2) is 0 Å². The first-order valence-corrected chi connectivity index (χ1v) is 12.3. The van der Waals surface area contributed by atoms with E-state index >= 15 is 0 Å². The van der Waals surface area contributed by atoms with Crippen molar-refractivity contribution in [2.24, 2.45) is 0 Å². The Morgan fingerprint density at radius 3 is 2.39 bits per heavy atom. The summed E-state index contributed by atoms with van der Waals surface area (Å²) in [5.74, 6) is -0.518. The van der Waals surface area contributed by atoms with E-state index in [0.717, 1.165) is 23.7 Å². The highest BCUT2D eigenvalue weighted by molar-refractivity contribution is 5.97. The van der Waals surface area contributed by atoms with Gasteiger partial charge in [-0.3, -0.25) is 9.59 Å². The third-order valence-electron chi connectivity index (χ3n) is 6.82. The van der Waals surface area contributed by atoms with Crippen LogP contribution in [0, 0.1) is 6.92 Å². The summed E-state index contributed by atoms with van der Waals surface area (Å²) < 4.78 is 42.2. The van der Waals surface area contributed by atoms with Gasteiger partial charge in [0.15, 0.2) is 0 Å². The molecule has 2 aromatic rings. The third kappa shape index (κ3) is 5.68. The molecule has 0 aliphatic carbocycles. The number of nitrogens with zero attached hydrogens (tertiary/aromatic N) is 3. The van der Waals surface area contributed by atoms with Crippen molar-refractivity contribution in [1.82, 2.24) is 10.2 Å². The summed E-state index contributed by atoms with van der Waals surface area (Å²) in [5, 5.41) is 2.65. The van der Waals surface area contributed by atoms with Crippen LogP contribution < -0.4 is 20.9 Å². The van der Waals surface area contributed by atoms with E-state index in [1.807, 2.05) is 31.2 Å². The van der Waals surface area contributed by atoms with Crippen molar-refractivity contribution < 1.29 is 22.8 Å². The second-order valence-corrected chi connectivity index (χ2v) is 9.31. The zero-order valence-corrected chi connectivity index (χ0v) is 20.4. The van der Waals surface area contributed by atoms with E-state index in [0.29, 0.717) is 52.1 Å². The monoisotopic (exact) mass is 503 g/mol. The molecular weight excluding hydrogens is 471 g/mol. The number of halogens is 3. The first-order chi connectivity index (χ1) is 17.1. The fraction of sp³-hybridized carbons (Fsp3) is 0.462. The van der Waals surface area contributed by atoms with Gasteiger partial charge in [0.05, 0.1) is 16.9 Å². The summed E-state index contributed by atoms with van der Waals surface area (Å²) in [5.41, 5.74) is 7.15. The largest absolute Gasteiger partial charge is 0.418 e. The van der Waals surface area contributed by atoms with Crippen molar-refractivity contribution >= 4 is 28.9 Å². The number of nitrogen functional groups attached to an aromatic ring is 1. The van der Waals surface area contributed by atoms with Gasteiger partial charge in [0.2, 0.25) is 5.91 Å². The van der Waals surface area contributed by atoms with E-state index in [9.17, 15) is 22.8 Å². The van der Waals surface area contributed by atoms with E-state index < -0.39 is 17.6 Å². The second kappa shape index (κ2) is 10.7. The first kappa shape index (κ1) is 25.7. The Morgan fingerprint density at radius 2 is 1.75 bits per heavy atom. The van der Waals surface area contributed by atoms with E-state index in [4.69, 9.17) is 5.73 Å². The predicted octanol–water partition coefficient (Wildman–Crippen LogP) is 3.66. The molecule has 3 N–H and O–H groups in total. The van der Waals surface area contributed by atoms with Crippen molar-refractivity contribution in [3.05, 3.63) is 53.1 Å². The van der Waals surface area contributed by atoms with Crippen molar-refractivity contribution in [3.8, 4) is 0 Å². The van der Waals surface area contributed by atoms with Crippen LogP contribution in [0.3, 0.4) is 0 Å². The number of carbonyl (C=O) groups excluding carboxylic acids is 2. The second-order valence-electron chi connectivity index (χ2n) is 9.31. The van der Waals surface area contributed by atoms with Gasteiger partial charge in [0.25, 0.3) is 5.91 Å². The number of aryl methyl sites for hydroxylation is 1. The van der Waals surface area contributed by atoms with E-state index in [-0.39, 0.29) is 29.4 Å². The molecule has 0 aromatic heterocycles. The molecule has 2 aliphatic heterocycles. The van der Waals surface area contributed by atoms with Gasteiger partial charge >= 0.3 is 6.18 Å². The first-order valence-electron chi connectivity index (χ1n) is 12.3. The molecular formula is C26H32F3N5O2. The van der Waals surface area contributed by atoms with Gasteiger partial charge in [-0.05, 0) is 43.5 Å². The molecule has 0 atom stereocenters. The maximum absolute atomic E-state index is 14.1. The van der Waals surface area contributed by atoms with Crippen molar-refractivity contribution in [1.29, 1.82) is 0 Å². The van der Waals surface area contributed by atoms with E-state index in [2.05, 4.69) is 10.2 Å². The molecule has 4 rings (SSSR count). The maximum Gasteiger partial charge on any atom is 0.418 e. The molecule has 7 nitrogen and oxygen atoms in total. The van der Waals surface area contributed by atoms with Gasteiger partial charge in [-0.1, -0.05) is 18.2 Å². The lowest BCUT2D eigenvalue weighted by atomic mass is 10.0. The highest BCUT2D eigenvalue weighted by Gasteiger charge is 2.38. The number of likely N-dealkylation sites (tertiary alicyclic amines) is 1. The van der Waals surface area contributed by atoms with Crippen molar-refractivity contribution in [3.63, 3.8) is 0 Å². The highest BCUT2D eigenvalue weighted by Crippen LogP contribution is 2.41. The Bertz CT molecular complexity index is 1110. The molecule has 0 unspecified atom stereocenters. The molecule has 36 heavy (non-hydrogen) atoms. The van der Waals surface area contributed by atoms with E-state index in [1.165, 1.54) is 6.07 Å². The topological polar surface area (TPSA) is 81.9 Å². The number of nitrogens with one attached hydrogen (secondary N) is 1. The number of hydrogen-bond acceptors (Lipinski definition) is 5. The minimum Gasteiger partial charge on any atom is -0.397 e. The lowest BCUT2D eigenvalue weighted by Crippen LogP contribution is -2.47. The van der Waals surface area contributed by atoms with Crippen molar-refractivity contribution in [2.75, 3.05) is 61.3 Å². The summed E-state index contributed by atoms with van der Waals surface area (Å²) in [6.45, 7) is 5.36. The van der Waals surface area contributed by atoms with Gasteiger partial charge in [0.1, 0.15) is 0 Å². The molecule has 0 saturated carbocycles. The molecule has 2 amide bonds. The van der Waals surface area contributed by atoms with Crippen LogP contribution in [0.5, 0.6) is 0 Å². The van der Waals surface area contributed by atoms with Crippen LogP contribution in [0.2, 0.25) is 0 Å². The van der Waals surface area contributed by atoms with Crippen LogP contribution >= 0.6 is 0 Å². The number of rotatable bonds is 7. The average Bonchev–Trinajstić information content (AvgIpc) is 3.25. The number of piperazine rings is 1. The number of hydrogen-bond donors (Lipinski definition) is 2. The van der Waals surface area contributed by atoms with Crippen molar-refractivity contribution in [2.45, 2.75) is 32.4 Å². The fourth-order valence-corrected chi connectivity index (χ4v) is 4.96. The molecule has 10 heteroatoms. The Hall–Kier alpha value is -3.43. The molecule has 194 valence electrons. The minimum absolute atomic E-state index is 0.0676. The number of carbonyl (C=O) groups is 2.